The van der Waals surface area contributed by atoms with Gasteiger partial charge in [0, 0.05) is 13.1 Å². The zero-order chi connectivity index (χ0) is 9.80. The van der Waals surface area contributed by atoms with E-state index >= 15 is 0 Å². The summed E-state index contributed by atoms with van der Waals surface area (Å²) in [5, 5.41) is 9.02. The molecule has 2 rings (SSSR count). The van der Waals surface area contributed by atoms with Gasteiger partial charge in [-0.1, -0.05) is 0 Å². The van der Waals surface area contributed by atoms with Gasteiger partial charge in [0.1, 0.15) is 0 Å². The zero-order valence-corrected chi connectivity index (χ0v) is 8.39. The van der Waals surface area contributed by atoms with Crippen LogP contribution >= 0.6 is 0 Å². The van der Waals surface area contributed by atoms with Crippen LogP contribution in [-0.2, 0) is 13.2 Å². The average Bonchev–Trinajstić information content (AvgIpc) is 2.85. The summed E-state index contributed by atoms with van der Waals surface area (Å²) < 4.78 is 2.03. The molecular weight excluding hydrogens is 178 g/mol. The largest absolute Gasteiger partial charge is 0.390 e. The number of likely N-dealkylation sites (tertiary alicyclic amines) is 1. The highest BCUT2D eigenvalue weighted by molar-refractivity contribution is 4.96. The standard InChI is InChI=1S/C10H17N3O/c14-8-10-7-11-9-13(10)6-5-12-3-1-2-4-12/h7,9,14H,1-6,8H2. The molecule has 0 aromatic carbocycles. The fourth-order valence-electron chi connectivity index (χ4n) is 1.94. The molecule has 0 bridgehead atoms. The fraction of sp³-hybridized carbons (Fsp3) is 0.700. The third-order valence-corrected chi connectivity index (χ3v) is 2.82. The molecule has 1 N–H and O–H groups in total. The lowest BCUT2D eigenvalue weighted by Crippen LogP contribution is -2.24. The Kier molecular flexibility index (Phi) is 3.16. The van der Waals surface area contributed by atoms with Crippen molar-refractivity contribution in [3.05, 3.63) is 18.2 Å². The molecule has 78 valence electrons. The van der Waals surface area contributed by atoms with Gasteiger partial charge in [-0.2, -0.15) is 0 Å². The molecule has 14 heavy (non-hydrogen) atoms. The summed E-state index contributed by atoms with van der Waals surface area (Å²) in [6.07, 6.45) is 6.18. The summed E-state index contributed by atoms with van der Waals surface area (Å²) in [7, 11) is 0. The molecule has 1 aromatic rings. The normalized spacial score (nSPS) is 17.8. The van der Waals surface area contributed by atoms with E-state index < -0.39 is 0 Å². The van der Waals surface area contributed by atoms with Gasteiger partial charge >= 0.3 is 0 Å². The van der Waals surface area contributed by atoms with Gasteiger partial charge < -0.3 is 14.6 Å². The molecular formula is C10H17N3O. The van der Waals surface area contributed by atoms with Crippen molar-refractivity contribution in [1.29, 1.82) is 0 Å². The van der Waals surface area contributed by atoms with Crippen LogP contribution in [0.2, 0.25) is 0 Å². The molecule has 0 aliphatic carbocycles. The Morgan fingerprint density at radius 3 is 2.79 bits per heavy atom. The molecule has 0 amide bonds. The lowest BCUT2D eigenvalue weighted by atomic mass is 10.4. The second-order valence-corrected chi connectivity index (χ2v) is 3.79. The van der Waals surface area contributed by atoms with E-state index in [4.69, 9.17) is 5.11 Å². The van der Waals surface area contributed by atoms with Crippen molar-refractivity contribution in [2.45, 2.75) is 26.0 Å². The monoisotopic (exact) mass is 195 g/mol. The van der Waals surface area contributed by atoms with Gasteiger partial charge in [0.15, 0.2) is 0 Å². The number of hydrogen-bond donors (Lipinski definition) is 1. The Morgan fingerprint density at radius 2 is 2.07 bits per heavy atom. The summed E-state index contributed by atoms with van der Waals surface area (Å²) in [6.45, 7) is 4.55. The molecule has 1 saturated heterocycles. The topological polar surface area (TPSA) is 41.3 Å². The molecule has 1 aromatic heterocycles. The number of nitrogens with zero attached hydrogens (tertiary/aromatic N) is 3. The minimum atomic E-state index is 0.0833. The second-order valence-electron chi connectivity index (χ2n) is 3.79. The molecule has 2 heterocycles. The number of aromatic nitrogens is 2. The molecule has 0 radical (unpaired) electrons. The van der Waals surface area contributed by atoms with Gasteiger partial charge in [-0.15, -0.1) is 0 Å². The Morgan fingerprint density at radius 1 is 1.29 bits per heavy atom. The zero-order valence-electron chi connectivity index (χ0n) is 8.39. The third kappa shape index (κ3) is 2.13. The molecule has 0 saturated carbocycles. The minimum absolute atomic E-state index is 0.0833. The number of imidazole rings is 1. The van der Waals surface area contributed by atoms with Crippen LogP contribution in [0.4, 0.5) is 0 Å². The first-order valence-corrected chi connectivity index (χ1v) is 5.22. The van der Waals surface area contributed by atoms with Gasteiger partial charge in [0.2, 0.25) is 0 Å². The fourth-order valence-corrected chi connectivity index (χ4v) is 1.94. The number of rotatable bonds is 4. The van der Waals surface area contributed by atoms with Crippen molar-refractivity contribution in [3.8, 4) is 0 Å². The van der Waals surface area contributed by atoms with Crippen molar-refractivity contribution < 1.29 is 5.11 Å². The van der Waals surface area contributed by atoms with E-state index in [2.05, 4.69) is 9.88 Å². The maximum Gasteiger partial charge on any atom is 0.0949 e. The quantitative estimate of drug-likeness (QED) is 0.759. The van der Waals surface area contributed by atoms with Gasteiger partial charge in [0.25, 0.3) is 0 Å². The van der Waals surface area contributed by atoms with Crippen LogP contribution in [0.3, 0.4) is 0 Å². The van der Waals surface area contributed by atoms with Crippen LogP contribution < -0.4 is 0 Å². The smallest absolute Gasteiger partial charge is 0.0949 e. The van der Waals surface area contributed by atoms with Crippen LogP contribution in [0, 0.1) is 0 Å². The maximum atomic E-state index is 9.02. The molecule has 1 fully saturated rings. The van der Waals surface area contributed by atoms with E-state index in [1.807, 2.05) is 4.57 Å². The van der Waals surface area contributed by atoms with E-state index in [1.54, 1.807) is 12.5 Å². The lowest BCUT2D eigenvalue weighted by molar-refractivity contribution is 0.264. The average molecular weight is 195 g/mol. The SMILES string of the molecule is OCc1cncn1CCN1CCCC1. The summed E-state index contributed by atoms with van der Waals surface area (Å²) >= 11 is 0. The predicted molar refractivity (Wildman–Crippen MR) is 53.8 cm³/mol. The third-order valence-electron chi connectivity index (χ3n) is 2.82. The molecule has 0 spiro atoms. The van der Waals surface area contributed by atoms with E-state index in [0.29, 0.717) is 0 Å². The molecule has 1 aliphatic rings. The van der Waals surface area contributed by atoms with Crippen LogP contribution in [0.25, 0.3) is 0 Å². The maximum absolute atomic E-state index is 9.02. The number of aliphatic hydroxyl groups is 1. The highest BCUT2D eigenvalue weighted by atomic mass is 16.3. The molecule has 4 heteroatoms. The summed E-state index contributed by atoms with van der Waals surface area (Å²) in [6, 6.07) is 0. The van der Waals surface area contributed by atoms with E-state index in [0.717, 1.165) is 18.8 Å². The summed E-state index contributed by atoms with van der Waals surface area (Å²) in [5.41, 5.74) is 0.907. The van der Waals surface area contributed by atoms with Crippen LogP contribution in [0.15, 0.2) is 12.5 Å². The Hall–Kier alpha value is -0.870. The molecule has 0 unspecified atom stereocenters. The molecule has 1 aliphatic heterocycles. The van der Waals surface area contributed by atoms with Gasteiger partial charge in [-0.25, -0.2) is 4.98 Å². The van der Waals surface area contributed by atoms with Gasteiger partial charge in [-0.3, -0.25) is 0 Å². The number of hydrogen-bond acceptors (Lipinski definition) is 3. The highest BCUT2D eigenvalue weighted by Crippen LogP contribution is 2.07. The van der Waals surface area contributed by atoms with E-state index in [1.165, 1.54) is 25.9 Å². The minimum Gasteiger partial charge on any atom is -0.390 e. The van der Waals surface area contributed by atoms with E-state index in [-0.39, 0.29) is 6.61 Å². The lowest BCUT2D eigenvalue weighted by Gasteiger charge is -2.15. The van der Waals surface area contributed by atoms with Crippen molar-refractivity contribution in [1.82, 2.24) is 14.5 Å². The van der Waals surface area contributed by atoms with Crippen molar-refractivity contribution in [2.75, 3.05) is 19.6 Å². The first-order chi connectivity index (χ1) is 6.90. The Labute approximate surface area is 84.2 Å². The van der Waals surface area contributed by atoms with E-state index in [9.17, 15) is 0 Å². The Balaban J connectivity index is 1.84. The molecule has 4 nitrogen and oxygen atoms in total. The molecule has 0 atom stereocenters. The van der Waals surface area contributed by atoms with Gasteiger partial charge in [-0.05, 0) is 25.9 Å². The van der Waals surface area contributed by atoms with Crippen molar-refractivity contribution in [3.63, 3.8) is 0 Å². The highest BCUT2D eigenvalue weighted by Gasteiger charge is 2.11. The van der Waals surface area contributed by atoms with Gasteiger partial charge in [0.05, 0.1) is 24.8 Å². The van der Waals surface area contributed by atoms with Crippen molar-refractivity contribution in [2.24, 2.45) is 0 Å². The number of aliphatic hydroxyl groups excluding tert-OH is 1. The first kappa shape index (κ1) is 9.68. The van der Waals surface area contributed by atoms with Crippen LogP contribution in [0.1, 0.15) is 18.5 Å². The van der Waals surface area contributed by atoms with Crippen LogP contribution in [0.5, 0.6) is 0 Å². The predicted octanol–water partition coefficient (Wildman–Crippen LogP) is 0.471. The summed E-state index contributed by atoms with van der Waals surface area (Å²) in [4.78, 5) is 6.48. The Bertz CT molecular complexity index is 279. The second kappa shape index (κ2) is 4.57. The summed E-state index contributed by atoms with van der Waals surface area (Å²) in [5.74, 6) is 0. The van der Waals surface area contributed by atoms with Crippen LogP contribution in [-0.4, -0.2) is 39.2 Å². The first-order valence-electron chi connectivity index (χ1n) is 5.22. The van der Waals surface area contributed by atoms with Crippen molar-refractivity contribution >= 4 is 0 Å².